The smallest absolute Gasteiger partial charge is 0.263 e. The van der Waals surface area contributed by atoms with Gasteiger partial charge in [-0.05, 0) is 29.3 Å². The quantitative estimate of drug-likeness (QED) is 0.685. The van der Waals surface area contributed by atoms with Crippen LogP contribution in [0, 0.1) is 0 Å². The molecule has 2 aromatic rings. The molecule has 3 rings (SSSR count). The molecule has 1 aliphatic heterocycles. The van der Waals surface area contributed by atoms with Crippen LogP contribution in [0.2, 0.25) is 0 Å². The molecule has 1 amide bonds. The van der Waals surface area contributed by atoms with E-state index in [4.69, 9.17) is 17.0 Å². The normalized spacial score (nSPS) is 15.9. The number of para-hydroxylation sites is 1. The van der Waals surface area contributed by atoms with Crippen LogP contribution in [-0.4, -0.2) is 10.2 Å². The molecule has 1 heterocycles. The van der Waals surface area contributed by atoms with Crippen molar-refractivity contribution in [2.75, 3.05) is 0 Å². The monoisotopic (exact) mass is 327 g/mol. The third-order valence-electron chi connectivity index (χ3n) is 3.07. The summed E-state index contributed by atoms with van der Waals surface area (Å²) in [7, 11) is 0. The fraction of sp³-hybridized carbons (Fsp3) is 0.0588. The molecule has 0 aliphatic carbocycles. The van der Waals surface area contributed by atoms with Gasteiger partial charge in [-0.15, -0.1) is 0 Å². The van der Waals surface area contributed by atoms with Gasteiger partial charge >= 0.3 is 0 Å². The lowest BCUT2D eigenvalue weighted by Gasteiger charge is -2.06. The SMILES string of the molecule is O=C1NC(=S)SC1=Cc1ccc(COc2ccccc2)cc1. The highest BCUT2D eigenvalue weighted by molar-refractivity contribution is 8.26. The molecule has 22 heavy (non-hydrogen) atoms. The average Bonchev–Trinajstić information content (AvgIpc) is 2.85. The number of hydrogen-bond acceptors (Lipinski definition) is 4. The predicted octanol–water partition coefficient (Wildman–Crippen LogP) is 3.75. The Bertz CT molecular complexity index is 724. The number of hydrogen-bond donors (Lipinski definition) is 1. The van der Waals surface area contributed by atoms with Gasteiger partial charge in [-0.2, -0.15) is 0 Å². The third kappa shape index (κ3) is 3.75. The van der Waals surface area contributed by atoms with Crippen LogP contribution in [-0.2, 0) is 11.4 Å². The van der Waals surface area contributed by atoms with Gasteiger partial charge in [0, 0.05) is 0 Å². The summed E-state index contributed by atoms with van der Waals surface area (Å²) in [6.07, 6.45) is 1.83. The first-order chi connectivity index (χ1) is 10.7. The molecule has 5 heteroatoms. The summed E-state index contributed by atoms with van der Waals surface area (Å²) in [6.45, 7) is 0.514. The van der Waals surface area contributed by atoms with Gasteiger partial charge in [0.1, 0.15) is 16.7 Å². The van der Waals surface area contributed by atoms with Crippen molar-refractivity contribution in [1.82, 2.24) is 5.32 Å². The van der Waals surface area contributed by atoms with Crippen LogP contribution in [0.1, 0.15) is 11.1 Å². The van der Waals surface area contributed by atoms with Crippen molar-refractivity contribution < 1.29 is 9.53 Å². The standard InChI is InChI=1S/C17H13NO2S2/c19-16-15(22-17(21)18-16)10-12-6-8-13(9-7-12)11-20-14-4-2-1-3-5-14/h1-10H,11H2,(H,18,19,21). The van der Waals surface area contributed by atoms with Crippen molar-refractivity contribution >= 4 is 40.3 Å². The lowest BCUT2D eigenvalue weighted by atomic mass is 10.1. The Labute approximate surface area is 138 Å². The van der Waals surface area contributed by atoms with Crippen LogP contribution in [0.4, 0.5) is 0 Å². The van der Waals surface area contributed by atoms with Crippen LogP contribution in [0.15, 0.2) is 59.5 Å². The molecule has 0 atom stereocenters. The highest BCUT2D eigenvalue weighted by Crippen LogP contribution is 2.25. The van der Waals surface area contributed by atoms with Gasteiger partial charge < -0.3 is 10.1 Å². The Morgan fingerprint density at radius 3 is 2.45 bits per heavy atom. The predicted molar refractivity (Wildman–Crippen MR) is 93.5 cm³/mol. The minimum atomic E-state index is -0.133. The van der Waals surface area contributed by atoms with E-state index in [1.54, 1.807) is 0 Å². The number of thiocarbonyl (C=S) groups is 1. The molecular formula is C17H13NO2S2. The molecule has 110 valence electrons. The molecule has 0 aromatic heterocycles. The largest absolute Gasteiger partial charge is 0.489 e. The Balaban J connectivity index is 1.64. The highest BCUT2D eigenvalue weighted by Gasteiger charge is 2.21. The van der Waals surface area contributed by atoms with Gasteiger partial charge in [-0.25, -0.2) is 0 Å². The van der Waals surface area contributed by atoms with Gasteiger partial charge in [-0.1, -0.05) is 66.4 Å². The molecule has 1 fully saturated rings. The van der Waals surface area contributed by atoms with E-state index in [1.165, 1.54) is 11.8 Å². The number of nitrogens with one attached hydrogen (secondary N) is 1. The van der Waals surface area contributed by atoms with E-state index in [0.29, 0.717) is 15.8 Å². The maximum Gasteiger partial charge on any atom is 0.263 e. The van der Waals surface area contributed by atoms with Gasteiger partial charge in [-0.3, -0.25) is 4.79 Å². The Morgan fingerprint density at radius 1 is 1.09 bits per heavy atom. The van der Waals surface area contributed by atoms with Crippen LogP contribution < -0.4 is 10.1 Å². The van der Waals surface area contributed by atoms with E-state index in [0.717, 1.165) is 16.9 Å². The van der Waals surface area contributed by atoms with E-state index in [9.17, 15) is 4.79 Å². The molecule has 2 aromatic carbocycles. The second-order valence-corrected chi connectivity index (χ2v) is 6.41. The fourth-order valence-electron chi connectivity index (χ4n) is 1.97. The van der Waals surface area contributed by atoms with Crippen molar-refractivity contribution in [2.24, 2.45) is 0 Å². The number of ether oxygens (including phenoxy) is 1. The first-order valence-electron chi connectivity index (χ1n) is 6.72. The summed E-state index contributed by atoms with van der Waals surface area (Å²) >= 11 is 6.25. The number of thioether (sulfide) groups is 1. The summed E-state index contributed by atoms with van der Waals surface area (Å²) < 4.78 is 6.20. The van der Waals surface area contributed by atoms with E-state index >= 15 is 0 Å². The Hall–Kier alpha value is -2.11. The lowest BCUT2D eigenvalue weighted by Crippen LogP contribution is -2.17. The van der Waals surface area contributed by atoms with Crippen molar-refractivity contribution in [3.8, 4) is 5.75 Å². The fourth-order valence-corrected chi connectivity index (χ4v) is 3.01. The molecule has 0 unspecified atom stereocenters. The van der Waals surface area contributed by atoms with Crippen LogP contribution >= 0.6 is 24.0 Å². The average molecular weight is 327 g/mol. The van der Waals surface area contributed by atoms with Crippen molar-refractivity contribution in [2.45, 2.75) is 6.61 Å². The number of benzene rings is 2. The Morgan fingerprint density at radius 2 is 1.82 bits per heavy atom. The van der Waals surface area contributed by atoms with Gasteiger partial charge in [0.05, 0.1) is 4.91 Å². The zero-order valence-corrected chi connectivity index (χ0v) is 13.2. The summed E-state index contributed by atoms with van der Waals surface area (Å²) in [5, 5.41) is 2.60. The maximum atomic E-state index is 11.6. The number of rotatable bonds is 4. The molecule has 3 nitrogen and oxygen atoms in total. The van der Waals surface area contributed by atoms with Crippen molar-refractivity contribution in [3.05, 3.63) is 70.6 Å². The highest BCUT2D eigenvalue weighted by atomic mass is 32.2. The van der Waals surface area contributed by atoms with E-state index in [-0.39, 0.29) is 5.91 Å². The first-order valence-corrected chi connectivity index (χ1v) is 7.95. The number of amides is 1. The second-order valence-electron chi connectivity index (χ2n) is 4.70. The van der Waals surface area contributed by atoms with E-state index < -0.39 is 0 Å². The van der Waals surface area contributed by atoms with Crippen molar-refractivity contribution in [1.29, 1.82) is 0 Å². The Kier molecular flexibility index (Phi) is 4.56. The molecule has 1 N–H and O–H groups in total. The van der Waals surface area contributed by atoms with Gasteiger partial charge in [0.25, 0.3) is 5.91 Å². The summed E-state index contributed by atoms with van der Waals surface area (Å²) in [5.74, 6) is 0.715. The first kappa shape index (κ1) is 14.8. The number of carbonyl (C=O) groups excluding carboxylic acids is 1. The molecule has 0 bridgehead atoms. The summed E-state index contributed by atoms with van der Waals surface area (Å²) in [4.78, 5) is 12.2. The van der Waals surface area contributed by atoms with E-state index in [1.807, 2.05) is 60.7 Å². The molecule has 1 aliphatic rings. The number of carbonyl (C=O) groups is 1. The molecule has 0 spiro atoms. The minimum absolute atomic E-state index is 0.133. The minimum Gasteiger partial charge on any atom is -0.489 e. The molecular weight excluding hydrogens is 314 g/mol. The van der Waals surface area contributed by atoms with Gasteiger partial charge in [0.15, 0.2) is 0 Å². The zero-order chi connectivity index (χ0) is 15.4. The van der Waals surface area contributed by atoms with Crippen LogP contribution in [0.25, 0.3) is 6.08 Å². The molecule has 0 radical (unpaired) electrons. The second kappa shape index (κ2) is 6.77. The lowest BCUT2D eigenvalue weighted by molar-refractivity contribution is -0.115. The topological polar surface area (TPSA) is 38.3 Å². The summed E-state index contributed by atoms with van der Waals surface area (Å²) in [5.41, 5.74) is 2.04. The summed E-state index contributed by atoms with van der Waals surface area (Å²) in [6, 6.07) is 17.6. The van der Waals surface area contributed by atoms with E-state index in [2.05, 4.69) is 5.32 Å². The molecule has 1 saturated heterocycles. The zero-order valence-electron chi connectivity index (χ0n) is 11.6. The molecule has 0 saturated carbocycles. The van der Waals surface area contributed by atoms with Crippen LogP contribution in [0.5, 0.6) is 5.75 Å². The van der Waals surface area contributed by atoms with Crippen LogP contribution in [0.3, 0.4) is 0 Å². The maximum absolute atomic E-state index is 11.6. The van der Waals surface area contributed by atoms with Gasteiger partial charge in [0.2, 0.25) is 0 Å². The third-order valence-corrected chi connectivity index (χ3v) is 4.23. The van der Waals surface area contributed by atoms with Crippen molar-refractivity contribution in [3.63, 3.8) is 0 Å².